The second-order valence-corrected chi connectivity index (χ2v) is 5.83. The van der Waals surface area contributed by atoms with Crippen molar-refractivity contribution in [3.8, 4) is 5.75 Å². The van der Waals surface area contributed by atoms with Gasteiger partial charge in [0.15, 0.2) is 0 Å². The lowest BCUT2D eigenvalue weighted by molar-refractivity contribution is 0.299. The molecule has 0 saturated carbocycles. The number of hydrogen-bond acceptors (Lipinski definition) is 3. The molecule has 3 nitrogen and oxygen atoms in total. The number of ether oxygens (including phenoxy) is 1. The molecule has 0 aliphatic heterocycles. The van der Waals surface area contributed by atoms with Crippen LogP contribution in [-0.2, 0) is 13.2 Å². The molecular formula is C17H21ClN2O. The highest BCUT2D eigenvalue weighted by Crippen LogP contribution is 2.23. The number of benzene rings is 1. The lowest BCUT2D eigenvalue weighted by Gasteiger charge is -2.10. The Morgan fingerprint density at radius 2 is 2.05 bits per heavy atom. The summed E-state index contributed by atoms with van der Waals surface area (Å²) in [6, 6.07) is 10.2. The monoisotopic (exact) mass is 304 g/mol. The van der Waals surface area contributed by atoms with Crippen molar-refractivity contribution in [2.45, 2.75) is 40.0 Å². The smallest absolute Gasteiger partial charge is 0.130 e. The number of pyridine rings is 1. The maximum absolute atomic E-state index is 5.98. The van der Waals surface area contributed by atoms with Gasteiger partial charge >= 0.3 is 0 Å². The zero-order valence-corrected chi connectivity index (χ0v) is 13.4. The molecule has 112 valence electrons. The Kier molecular flexibility index (Phi) is 5.59. The second-order valence-electron chi connectivity index (χ2n) is 5.39. The number of aryl methyl sites for hydroxylation is 1. The number of rotatable bonds is 6. The van der Waals surface area contributed by atoms with Gasteiger partial charge in [-0.3, -0.25) is 4.98 Å². The molecule has 0 unspecified atom stereocenters. The first-order chi connectivity index (χ1) is 10.0. The van der Waals surface area contributed by atoms with E-state index >= 15 is 0 Å². The van der Waals surface area contributed by atoms with Crippen LogP contribution < -0.4 is 10.1 Å². The van der Waals surface area contributed by atoms with Crippen LogP contribution in [0.4, 0.5) is 0 Å². The van der Waals surface area contributed by atoms with Crippen molar-refractivity contribution in [3.05, 3.63) is 58.4 Å². The average molecular weight is 305 g/mol. The summed E-state index contributed by atoms with van der Waals surface area (Å²) in [6.07, 6.45) is 1.89. The topological polar surface area (TPSA) is 34.1 Å². The largest absolute Gasteiger partial charge is 0.487 e. The number of aromatic nitrogens is 1. The summed E-state index contributed by atoms with van der Waals surface area (Å²) >= 11 is 5.98. The Hall–Kier alpha value is -1.58. The summed E-state index contributed by atoms with van der Waals surface area (Å²) in [5, 5.41) is 4.05. The third-order valence-corrected chi connectivity index (χ3v) is 3.36. The maximum Gasteiger partial charge on any atom is 0.130 e. The van der Waals surface area contributed by atoms with Gasteiger partial charge in [0.25, 0.3) is 0 Å². The van der Waals surface area contributed by atoms with E-state index in [2.05, 4.69) is 30.2 Å². The third-order valence-electron chi connectivity index (χ3n) is 3.13. The van der Waals surface area contributed by atoms with Crippen LogP contribution in [0.15, 0.2) is 36.5 Å². The molecule has 0 radical (unpaired) electrons. The minimum atomic E-state index is 0.444. The van der Waals surface area contributed by atoms with E-state index in [9.17, 15) is 0 Å². The molecule has 1 aromatic heterocycles. The highest BCUT2D eigenvalue weighted by molar-refractivity contribution is 6.30. The van der Waals surface area contributed by atoms with Gasteiger partial charge in [0, 0.05) is 23.8 Å². The molecule has 0 saturated heterocycles. The molecule has 0 amide bonds. The van der Waals surface area contributed by atoms with Crippen molar-refractivity contribution in [1.29, 1.82) is 0 Å². The summed E-state index contributed by atoms with van der Waals surface area (Å²) in [7, 11) is 0. The fourth-order valence-electron chi connectivity index (χ4n) is 1.85. The second kappa shape index (κ2) is 7.43. The highest BCUT2D eigenvalue weighted by Gasteiger charge is 2.03. The Morgan fingerprint density at radius 1 is 1.24 bits per heavy atom. The zero-order valence-electron chi connectivity index (χ0n) is 12.7. The van der Waals surface area contributed by atoms with Gasteiger partial charge in [0.05, 0.1) is 5.69 Å². The predicted octanol–water partition coefficient (Wildman–Crippen LogP) is 4.12. The van der Waals surface area contributed by atoms with E-state index in [1.54, 1.807) is 0 Å². The van der Waals surface area contributed by atoms with Crippen molar-refractivity contribution in [1.82, 2.24) is 10.3 Å². The van der Waals surface area contributed by atoms with Crippen LogP contribution in [-0.4, -0.2) is 11.0 Å². The van der Waals surface area contributed by atoms with Gasteiger partial charge in [-0.1, -0.05) is 37.6 Å². The molecule has 0 aliphatic carbocycles. The Bertz CT molecular complexity index is 582. The van der Waals surface area contributed by atoms with Crippen LogP contribution in [0.5, 0.6) is 5.75 Å². The van der Waals surface area contributed by atoms with Gasteiger partial charge in [0.1, 0.15) is 12.4 Å². The van der Waals surface area contributed by atoms with E-state index in [0.717, 1.165) is 23.6 Å². The molecule has 0 aliphatic rings. The molecule has 21 heavy (non-hydrogen) atoms. The normalized spacial score (nSPS) is 10.9. The van der Waals surface area contributed by atoms with E-state index in [1.807, 2.05) is 37.4 Å². The van der Waals surface area contributed by atoms with Gasteiger partial charge in [-0.25, -0.2) is 0 Å². The first-order valence-corrected chi connectivity index (χ1v) is 7.48. The molecule has 1 N–H and O–H groups in total. The molecule has 0 atom stereocenters. The summed E-state index contributed by atoms with van der Waals surface area (Å²) < 4.78 is 5.78. The van der Waals surface area contributed by atoms with Gasteiger partial charge in [-0.2, -0.15) is 0 Å². The van der Waals surface area contributed by atoms with Crippen LogP contribution in [0, 0.1) is 6.92 Å². The number of hydrogen-bond donors (Lipinski definition) is 1. The van der Waals surface area contributed by atoms with E-state index < -0.39 is 0 Å². The first-order valence-electron chi connectivity index (χ1n) is 7.11. The lowest BCUT2D eigenvalue weighted by atomic mass is 10.2. The molecule has 2 aromatic rings. The van der Waals surface area contributed by atoms with Crippen LogP contribution in [0.25, 0.3) is 0 Å². The van der Waals surface area contributed by atoms with Crippen molar-refractivity contribution in [2.24, 2.45) is 0 Å². The minimum absolute atomic E-state index is 0.444. The molecule has 0 fully saturated rings. The Balaban J connectivity index is 1.93. The van der Waals surface area contributed by atoms with Crippen LogP contribution in [0.2, 0.25) is 5.02 Å². The van der Waals surface area contributed by atoms with E-state index in [-0.39, 0.29) is 0 Å². The third kappa shape index (κ3) is 5.03. The quantitative estimate of drug-likeness (QED) is 0.871. The highest BCUT2D eigenvalue weighted by atomic mass is 35.5. The van der Waals surface area contributed by atoms with Crippen LogP contribution >= 0.6 is 11.6 Å². The predicted molar refractivity (Wildman–Crippen MR) is 86.7 cm³/mol. The van der Waals surface area contributed by atoms with Crippen molar-refractivity contribution in [3.63, 3.8) is 0 Å². The average Bonchev–Trinajstić information content (AvgIpc) is 2.47. The van der Waals surface area contributed by atoms with Gasteiger partial charge < -0.3 is 10.1 Å². The van der Waals surface area contributed by atoms with E-state index in [1.165, 1.54) is 5.56 Å². The fraction of sp³-hybridized carbons (Fsp3) is 0.353. The zero-order chi connectivity index (χ0) is 15.2. The van der Waals surface area contributed by atoms with Crippen molar-refractivity contribution < 1.29 is 4.74 Å². The molecule has 1 aromatic carbocycles. The van der Waals surface area contributed by atoms with Crippen LogP contribution in [0.3, 0.4) is 0 Å². The number of halogens is 1. The fourth-order valence-corrected chi connectivity index (χ4v) is 2.01. The summed E-state index contributed by atoms with van der Waals surface area (Å²) in [5.74, 6) is 0.801. The molecule has 0 spiro atoms. The number of nitrogens with one attached hydrogen (secondary N) is 1. The van der Waals surface area contributed by atoms with E-state index in [0.29, 0.717) is 17.7 Å². The summed E-state index contributed by atoms with van der Waals surface area (Å²) in [6.45, 7) is 7.53. The standard InChI is InChI=1S/C17H21ClN2O/c1-12(2)19-9-14-5-7-16(20-10-14)11-21-17-8-15(18)6-4-13(17)3/h4-8,10,12,19H,9,11H2,1-3H3. The lowest BCUT2D eigenvalue weighted by Crippen LogP contribution is -2.21. The van der Waals surface area contributed by atoms with Crippen molar-refractivity contribution >= 4 is 11.6 Å². The van der Waals surface area contributed by atoms with E-state index in [4.69, 9.17) is 16.3 Å². The van der Waals surface area contributed by atoms with Crippen LogP contribution in [0.1, 0.15) is 30.7 Å². The minimum Gasteiger partial charge on any atom is -0.487 e. The van der Waals surface area contributed by atoms with Gasteiger partial charge in [-0.15, -0.1) is 0 Å². The number of nitrogens with zero attached hydrogens (tertiary/aromatic N) is 1. The molecule has 4 heteroatoms. The molecule has 2 rings (SSSR count). The summed E-state index contributed by atoms with van der Waals surface area (Å²) in [4.78, 5) is 4.43. The van der Waals surface area contributed by atoms with Gasteiger partial charge in [0.2, 0.25) is 0 Å². The Labute approximate surface area is 131 Å². The molecule has 0 bridgehead atoms. The Morgan fingerprint density at radius 3 is 2.71 bits per heavy atom. The maximum atomic E-state index is 5.98. The molecular weight excluding hydrogens is 284 g/mol. The van der Waals surface area contributed by atoms with Gasteiger partial charge in [-0.05, 0) is 36.2 Å². The van der Waals surface area contributed by atoms with Crippen molar-refractivity contribution in [2.75, 3.05) is 0 Å². The summed E-state index contributed by atoms with van der Waals surface area (Å²) in [5.41, 5.74) is 3.14. The first kappa shape index (κ1) is 15.8. The SMILES string of the molecule is Cc1ccc(Cl)cc1OCc1ccc(CNC(C)C)cn1. The molecule has 1 heterocycles.